The lowest BCUT2D eigenvalue weighted by Gasteiger charge is -2.28. The molecule has 0 bridgehead atoms. The lowest BCUT2D eigenvalue weighted by Crippen LogP contribution is -2.19. The minimum Gasteiger partial charge on any atom is -0.507 e. The summed E-state index contributed by atoms with van der Waals surface area (Å²) < 4.78 is 5.70. The molecule has 1 rings (SSSR count). The Labute approximate surface area is 172 Å². The lowest BCUT2D eigenvalue weighted by molar-refractivity contribution is -0.149. The van der Waals surface area contributed by atoms with Crippen molar-refractivity contribution in [3.05, 3.63) is 28.8 Å². The van der Waals surface area contributed by atoms with Gasteiger partial charge in [-0.15, -0.1) is 0 Å². The van der Waals surface area contributed by atoms with Crippen LogP contribution in [0.4, 0.5) is 0 Å². The number of rotatable bonds is 9. The van der Waals surface area contributed by atoms with Crippen molar-refractivity contribution in [2.45, 2.75) is 117 Å². The highest BCUT2D eigenvalue weighted by Gasteiger charge is 2.26. The molecule has 3 nitrogen and oxygen atoms in total. The molecule has 1 atom stereocenters. The van der Waals surface area contributed by atoms with Gasteiger partial charge in [-0.1, -0.05) is 80.4 Å². The summed E-state index contributed by atoms with van der Waals surface area (Å²) in [6, 6.07) is 4.10. The van der Waals surface area contributed by atoms with Crippen molar-refractivity contribution >= 4 is 5.97 Å². The SMILES string of the molecule is CCCCCC(CC)OC(=O)CCc1cc(C(C)(C)C)c(O)c(C(C)(C)C)c1. The van der Waals surface area contributed by atoms with Crippen molar-refractivity contribution in [2.75, 3.05) is 0 Å². The van der Waals surface area contributed by atoms with E-state index in [1.165, 1.54) is 12.8 Å². The van der Waals surface area contributed by atoms with Gasteiger partial charge in [0.15, 0.2) is 0 Å². The van der Waals surface area contributed by atoms with E-state index in [9.17, 15) is 9.90 Å². The molecule has 0 aliphatic heterocycles. The first-order valence-corrected chi connectivity index (χ1v) is 11.0. The van der Waals surface area contributed by atoms with Crippen molar-refractivity contribution in [1.29, 1.82) is 0 Å². The molecular weight excluding hydrogens is 348 g/mol. The molecule has 0 heterocycles. The minimum absolute atomic E-state index is 0.0362. The van der Waals surface area contributed by atoms with E-state index in [1.54, 1.807) is 0 Å². The largest absolute Gasteiger partial charge is 0.507 e. The number of hydrogen-bond acceptors (Lipinski definition) is 3. The van der Waals surface area contributed by atoms with Crippen LogP contribution in [0.5, 0.6) is 5.75 Å². The molecule has 0 aromatic heterocycles. The number of aromatic hydroxyl groups is 1. The Morgan fingerprint density at radius 3 is 1.96 bits per heavy atom. The Morgan fingerprint density at radius 1 is 1.00 bits per heavy atom. The van der Waals surface area contributed by atoms with Gasteiger partial charge in [0.05, 0.1) is 0 Å². The Hall–Kier alpha value is -1.51. The molecule has 160 valence electrons. The van der Waals surface area contributed by atoms with Crippen LogP contribution in [0.1, 0.15) is 111 Å². The predicted molar refractivity (Wildman–Crippen MR) is 118 cm³/mol. The summed E-state index contributed by atoms with van der Waals surface area (Å²) >= 11 is 0. The van der Waals surface area contributed by atoms with E-state index < -0.39 is 0 Å². The molecule has 1 unspecified atom stereocenters. The molecule has 1 N–H and O–H groups in total. The van der Waals surface area contributed by atoms with Crippen molar-refractivity contribution in [3.8, 4) is 5.75 Å². The van der Waals surface area contributed by atoms with Crippen molar-refractivity contribution < 1.29 is 14.6 Å². The van der Waals surface area contributed by atoms with Gasteiger partial charge in [-0.3, -0.25) is 4.79 Å². The maximum absolute atomic E-state index is 12.4. The van der Waals surface area contributed by atoms with E-state index in [4.69, 9.17) is 4.74 Å². The zero-order chi connectivity index (χ0) is 21.5. The summed E-state index contributed by atoms with van der Waals surface area (Å²) in [7, 11) is 0. The Balaban J connectivity index is 2.90. The monoisotopic (exact) mass is 390 g/mol. The van der Waals surface area contributed by atoms with Crippen LogP contribution in [0, 0.1) is 0 Å². The van der Waals surface area contributed by atoms with Gasteiger partial charge in [-0.25, -0.2) is 0 Å². The van der Waals surface area contributed by atoms with Gasteiger partial charge in [0.2, 0.25) is 0 Å². The quantitative estimate of drug-likeness (QED) is 0.371. The van der Waals surface area contributed by atoms with Crippen LogP contribution in [-0.4, -0.2) is 17.2 Å². The van der Waals surface area contributed by atoms with Crippen molar-refractivity contribution in [3.63, 3.8) is 0 Å². The van der Waals surface area contributed by atoms with Gasteiger partial charge < -0.3 is 9.84 Å². The first kappa shape index (κ1) is 24.5. The fraction of sp³-hybridized carbons (Fsp3) is 0.720. The maximum Gasteiger partial charge on any atom is 0.306 e. The van der Waals surface area contributed by atoms with Gasteiger partial charge in [-0.05, 0) is 53.2 Å². The van der Waals surface area contributed by atoms with E-state index in [1.807, 2.05) is 0 Å². The number of unbranched alkanes of at least 4 members (excludes halogenated alkanes) is 2. The Kier molecular flexibility index (Phi) is 9.04. The van der Waals surface area contributed by atoms with Crippen LogP contribution in [0.15, 0.2) is 12.1 Å². The molecule has 0 fully saturated rings. The highest BCUT2D eigenvalue weighted by atomic mass is 16.5. The van der Waals surface area contributed by atoms with Gasteiger partial charge in [0.1, 0.15) is 11.9 Å². The minimum atomic E-state index is -0.160. The molecule has 0 aliphatic rings. The number of ether oxygens (including phenoxy) is 1. The molecule has 0 spiro atoms. The van der Waals surface area contributed by atoms with E-state index >= 15 is 0 Å². The number of hydrogen-bond donors (Lipinski definition) is 1. The molecule has 3 heteroatoms. The van der Waals surface area contributed by atoms with Crippen LogP contribution >= 0.6 is 0 Å². The molecule has 0 amide bonds. The second kappa shape index (κ2) is 10.3. The van der Waals surface area contributed by atoms with Crippen LogP contribution in [0.25, 0.3) is 0 Å². The van der Waals surface area contributed by atoms with E-state index in [0.29, 0.717) is 18.6 Å². The number of aryl methyl sites for hydroxylation is 1. The number of esters is 1. The van der Waals surface area contributed by atoms with Gasteiger partial charge in [0.25, 0.3) is 0 Å². The van der Waals surface area contributed by atoms with Gasteiger partial charge >= 0.3 is 5.97 Å². The number of carbonyl (C=O) groups excluding carboxylic acids is 1. The van der Waals surface area contributed by atoms with E-state index in [-0.39, 0.29) is 22.9 Å². The molecular formula is C25H42O3. The predicted octanol–water partition coefficient (Wildman–Crippen LogP) is 6.82. The molecule has 0 radical (unpaired) electrons. The molecule has 1 aromatic rings. The Morgan fingerprint density at radius 2 is 1.54 bits per heavy atom. The highest BCUT2D eigenvalue weighted by molar-refractivity contribution is 5.70. The smallest absolute Gasteiger partial charge is 0.306 e. The number of phenols is 1. The van der Waals surface area contributed by atoms with Crippen LogP contribution < -0.4 is 0 Å². The number of phenolic OH excluding ortho intramolecular Hbond substituents is 1. The molecule has 1 aromatic carbocycles. The summed E-state index contributed by atoms with van der Waals surface area (Å²) in [5, 5.41) is 10.8. The average Bonchev–Trinajstić information content (AvgIpc) is 2.58. The van der Waals surface area contributed by atoms with Crippen LogP contribution in [0.3, 0.4) is 0 Å². The Bertz CT molecular complexity index is 597. The first-order chi connectivity index (χ1) is 12.9. The van der Waals surface area contributed by atoms with E-state index in [2.05, 4.69) is 67.5 Å². The summed E-state index contributed by atoms with van der Waals surface area (Å²) in [6.45, 7) is 16.9. The zero-order valence-corrected chi connectivity index (χ0v) is 19.4. The fourth-order valence-corrected chi connectivity index (χ4v) is 3.44. The third-order valence-electron chi connectivity index (χ3n) is 5.29. The molecule has 28 heavy (non-hydrogen) atoms. The van der Waals surface area contributed by atoms with Crippen LogP contribution in [-0.2, 0) is 26.8 Å². The number of benzene rings is 1. The van der Waals surface area contributed by atoms with Crippen molar-refractivity contribution in [2.24, 2.45) is 0 Å². The molecule has 0 aliphatic carbocycles. The lowest BCUT2D eigenvalue weighted by atomic mass is 9.78. The van der Waals surface area contributed by atoms with Crippen LogP contribution in [0.2, 0.25) is 0 Å². The van der Waals surface area contributed by atoms with Crippen molar-refractivity contribution in [1.82, 2.24) is 0 Å². The topological polar surface area (TPSA) is 46.5 Å². The zero-order valence-electron chi connectivity index (χ0n) is 19.4. The first-order valence-electron chi connectivity index (χ1n) is 11.0. The molecule has 0 saturated carbocycles. The normalized spacial score (nSPS) is 13.4. The summed E-state index contributed by atoms with van der Waals surface area (Å²) in [6.07, 6.45) is 6.36. The third-order valence-corrected chi connectivity index (χ3v) is 5.29. The fourth-order valence-electron chi connectivity index (χ4n) is 3.44. The maximum atomic E-state index is 12.4. The highest BCUT2D eigenvalue weighted by Crippen LogP contribution is 2.40. The second-order valence-corrected chi connectivity index (χ2v) is 10.1. The molecule has 0 saturated heterocycles. The van der Waals surface area contributed by atoms with Gasteiger partial charge in [-0.2, -0.15) is 0 Å². The average molecular weight is 391 g/mol. The summed E-state index contributed by atoms with van der Waals surface area (Å²) in [5.74, 6) is 0.263. The standard InChI is InChI=1S/C25H42O3/c1-9-11-12-13-19(10-2)28-22(26)15-14-18-16-20(24(3,4)5)23(27)21(17-18)25(6,7)8/h16-17,19,27H,9-15H2,1-8H3. The van der Waals surface area contributed by atoms with Gasteiger partial charge in [0, 0.05) is 6.42 Å². The third kappa shape index (κ3) is 7.48. The van der Waals surface area contributed by atoms with E-state index in [0.717, 1.165) is 36.0 Å². The second-order valence-electron chi connectivity index (χ2n) is 10.1. The summed E-state index contributed by atoms with van der Waals surface area (Å²) in [4.78, 5) is 12.4. The summed E-state index contributed by atoms with van der Waals surface area (Å²) in [5.41, 5.74) is 2.65. The number of carbonyl (C=O) groups is 1.